The molecule has 3 rings (SSSR count). The molecular weight excluding hydrogens is 416 g/mol. The molecule has 168 valence electrons. The van der Waals surface area contributed by atoms with E-state index in [1.165, 1.54) is 0 Å². The van der Waals surface area contributed by atoms with Crippen LogP contribution in [0.4, 0.5) is 0 Å². The number of nitrogens with zero attached hydrogens (tertiary/aromatic N) is 1. The third kappa shape index (κ3) is 8.13. The average molecular weight is 449 g/mol. The highest BCUT2D eigenvalue weighted by Crippen LogP contribution is 2.25. The number of carbonyl (C=O) groups is 1. The SMILES string of the molecule is O=C(CCCCCCCNS(=O)c1ccccc1-c1ccccc1)CCc1cccnc1. The van der Waals surface area contributed by atoms with Crippen molar-refractivity contribution in [2.24, 2.45) is 0 Å². The second-order valence-corrected chi connectivity index (χ2v) is 9.21. The third-order valence-corrected chi connectivity index (χ3v) is 6.67. The van der Waals surface area contributed by atoms with Crippen LogP contribution in [0.25, 0.3) is 11.1 Å². The van der Waals surface area contributed by atoms with E-state index in [4.69, 9.17) is 0 Å². The van der Waals surface area contributed by atoms with Crippen LogP contribution in [0.1, 0.15) is 50.5 Å². The number of hydrogen-bond donors (Lipinski definition) is 1. The minimum absolute atomic E-state index is 0.336. The van der Waals surface area contributed by atoms with E-state index in [0.29, 0.717) is 18.6 Å². The smallest absolute Gasteiger partial charge is 0.133 e. The number of aromatic nitrogens is 1. The molecule has 5 heteroatoms. The van der Waals surface area contributed by atoms with Crippen LogP contribution in [0, 0.1) is 0 Å². The summed E-state index contributed by atoms with van der Waals surface area (Å²) in [5, 5.41) is 0. The summed E-state index contributed by atoms with van der Waals surface area (Å²) in [6.45, 7) is 0.722. The van der Waals surface area contributed by atoms with Crippen molar-refractivity contribution in [3.63, 3.8) is 0 Å². The molecule has 0 aliphatic carbocycles. The number of carbonyl (C=O) groups excluding carboxylic acids is 1. The highest BCUT2D eigenvalue weighted by Gasteiger charge is 2.10. The van der Waals surface area contributed by atoms with E-state index in [2.05, 4.69) is 9.71 Å². The zero-order valence-electron chi connectivity index (χ0n) is 18.5. The Morgan fingerprint density at radius 2 is 1.56 bits per heavy atom. The molecule has 2 aromatic carbocycles. The Hall–Kier alpha value is -2.63. The van der Waals surface area contributed by atoms with Gasteiger partial charge in [0.25, 0.3) is 0 Å². The van der Waals surface area contributed by atoms with Gasteiger partial charge in [-0.05, 0) is 48.1 Å². The third-order valence-electron chi connectivity index (χ3n) is 5.45. The Balaban J connectivity index is 1.27. The van der Waals surface area contributed by atoms with Gasteiger partial charge in [0, 0.05) is 31.8 Å². The minimum atomic E-state index is -1.23. The predicted molar refractivity (Wildman–Crippen MR) is 132 cm³/mol. The van der Waals surface area contributed by atoms with E-state index in [9.17, 15) is 9.00 Å². The summed E-state index contributed by atoms with van der Waals surface area (Å²) in [4.78, 5) is 16.9. The van der Waals surface area contributed by atoms with Gasteiger partial charge in [0.2, 0.25) is 0 Å². The molecular formula is C27H32N2O2S. The van der Waals surface area contributed by atoms with Crippen LogP contribution in [0.15, 0.2) is 84.0 Å². The molecule has 0 bridgehead atoms. The fraction of sp³-hybridized carbons (Fsp3) is 0.333. The standard InChI is InChI=1S/C27H32N2O2S/c30-25(19-18-23-12-11-20-28-22-23)15-7-2-1-3-10-21-29-32(31)27-17-9-8-16-26(27)24-13-5-4-6-14-24/h4-6,8-9,11-14,16-17,20,22,29H,1-3,7,10,15,18-19,21H2. The summed E-state index contributed by atoms with van der Waals surface area (Å²) in [5.41, 5.74) is 3.21. The molecule has 0 aliphatic rings. The number of benzene rings is 2. The lowest BCUT2D eigenvalue weighted by Crippen LogP contribution is -2.19. The molecule has 0 amide bonds. The average Bonchev–Trinajstić information content (AvgIpc) is 2.85. The molecule has 0 spiro atoms. The summed E-state index contributed by atoms with van der Waals surface area (Å²) >= 11 is 0. The highest BCUT2D eigenvalue weighted by atomic mass is 32.2. The lowest BCUT2D eigenvalue weighted by molar-refractivity contribution is -0.119. The van der Waals surface area contributed by atoms with Crippen LogP contribution in [0.5, 0.6) is 0 Å². The molecule has 0 aliphatic heterocycles. The van der Waals surface area contributed by atoms with E-state index in [1.54, 1.807) is 6.20 Å². The zero-order valence-corrected chi connectivity index (χ0v) is 19.4. The maximum atomic E-state index is 12.8. The van der Waals surface area contributed by atoms with Gasteiger partial charge in [-0.1, -0.05) is 73.9 Å². The maximum Gasteiger partial charge on any atom is 0.133 e. The van der Waals surface area contributed by atoms with Crippen molar-refractivity contribution in [2.75, 3.05) is 6.54 Å². The van der Waals surface area contributed by atoms with Crippen molar-refractivity contribution >= 4 is 16.8 Å². The molecule has 0 saturated carbocycles. The summed E-state index contributed by atoms with van der Waals surface area (Å²) < 4.78 is 15.9. The van der Waals surface area contributed by atoms with Gasteiger partial charge in [-0.15, -0.1) is 0 Å². The molecule has 1 unspecified atom stereocenters. The number of rotatable bonds is 14. The normalized spacial score (nSPS) is 11.9. The van der Waals surface area contributed by atoms with Crippen LogP contribution in [-0.4, -0.2) is 21.5 Å². The molecule has 0 fully saturated rings. The van der Waals surface area contributed by atoms with Crippen LogP contribution >= 0.6 is 0 Å². The molecule has 0 radical (unpaired) electrons. The van der Waals surface area contributed by atoms with Gasteiger partial charge in [0.05, 0.1) is 4.90 Å². The number of aryl methyl sites for hydroxylation is 1. The van der Waals surface area contributed by atoms with Crippen LogP contribution in [-0.2, 0) is 22.2 Å². The first kappa shape index (κ1) is 24.0. The number of pyridine rings is 1. The summed E-state index contributed by atoms with van der Waals surface area (Å²) in [6, 6.07) is 21.8. The van der Waals surface area contributed by atoms with Crippen LogP contribution in [0.2, 0.25) is 0 Å². The van der Waals surface area contributed by atoms with Gasteiger partial charge in [-0.3, -0.25) is 9.78 Å². The Morgan fingerprint density at radius 1 is 0.812 bits per heavy atom. The van der Waals surface area contributed by atoms with E-state index in [-0.39, 0.29) is 0 Å². The van der Waals surface area contributed by atoms with Crippen molar-refractivity contribution in [3.05, 3.63) is 84.7 Å². The summed E-state index contributed by atoms with van der Waals surface area (Å²) in [5.74, 6) is 0.336. The first-order valence-corrected chi connectivity index (χ1v) is 12.6. The number of unbranched alkanes of at least 4 members (excludes halogenated alkanes) is 4. The quantitative estimate of drug-likeness (QED) is 0.312. The monoisotopic (exact) mass is 448 g/mol. The first-order chi connectivity index (χ1) is 15.7. The van der Waals surface area contributed by atoms with Crippen molar-refractivity contribution in [2.45, 2.75) is 56.3 Å². The summed E-state index contributed by atoms with van der Waals surface area (Å²) in [6.07, 6.45) is 10.8. The van der Waals surface area contributed by atoms with E-state index in [0.717, 1.165) is 66.7 Å². The van der Waals surface area contributed by atoms with Gasteiger partial charge >= 0.3 is 0 Å². The number of hydrogen-bond acceptors (Lipinski definition) is 3. The van der Waals surface area contributed by atoms with Gasteiger partial charge in [0.15, 0.2) is 0 Å². The lowest BCUT2D eigenvalue weighted by atomic mass is 10.0. The topological polar surface area (TPSA) is 59.1 Å². The van der Waals surface area contributed by atoms with Crippen molar-refractivity contribution in [1.82, 2.24) is 9.71 Å². The van der Waals surface area contributed by atoms with Gasteiger partial charge in [0.1, 0.15) is 16.8 Å². The second kappa shape index (κ2) is 13.7. The van der Waals surface area contributed by atoms with Crippen molar-refractivity contribution in [1.29, 1.82) is 0 Å². The molecule has 1 atom stereocenters. The molecule has 4 nitrogen and oxygen atoms in total. The Morgan fingerprint density at radius 3 is 2.38 bits per heavy atom. The number of Topliss-reactive ketones (excluding diaryl/α,β-unsaturated/α-hetero) is 1. The number of nitrogens with one attached hydrogen (secondary N) is 1. The molecule has 0 saturated heterocycles. The Kier molecular flexibility index (Phi) is 10.3. The van der Waals surface area contributed by atoms with E-state index < -0.39 is 11.0 Å². The fourth-order valence-corrected chi connectivity index (χ4v) is 4.73. The van der Waals surface area contributed by atoms with Crippen LogP contribution in [0.3, 0.4) is 0 Å². The van der Waals surface area contributed by atoms with E-state index in [1.807, 2.05) is 72.9 Å². The van der Waals surface area contributed by atoms with Crippen molar-refractivity contribution in [3.8, 4) is 11.1 Å². The summed E-state index contributed by atoms with van der Waals surface area (Å²) in [7, 11) is -1.23. The van der Waals surface area contributed by atoms with Gasteiger partial charge < -0.3 is 0 Å². The van der Waals surface area contributed by atoms with Crippen LogP contribution < -0.4 is 4.72 Å². The molecule has 32 heavy (non-hydrogen) atoms. The number of ketones is 1. The fourth-order valence-electron chi connectivity index (χ4n) is 3.66. The zero-order chi connectivity index (χ0) is 22.4. The molecule has 1 aromatic heterocycles. The lowest BCUT2D eigenvalue weighted by Gasteiger charge is -2.10. The largest absolute Gasteiger partial charge is 0.300 e. The van der Waals surface area contributed by atoms with Crippen molar-refractivity contribution < 1.29 is 9.00 Å². The first-order valence-electron chi connectivity index (χ1n) is 11.4. The Labute approximate surface area is 194 Å². The van der Waals surface area contributed by atoms with Gasteiger partial charge in [-0.2, -0.15) is 0 Å². The predicted octanol–water partition coefficient (Wildman–Crippen LogP) is 5.90. The minimum Gasteiger partial charge on any atom is -0.300 e. The molecule has 3 aromatic rings. The highest BCUT2D eigenvalue weighted by molar-refractivity contribution is 7.83. The van der Waals surface area contributed by atoms with Gasteiger partial charge in [-0.25, -0.2) is 8.93 Å². The second-order valence-electron chi connectivity index (χ2n) is 7.94. The molecule has 1 N–H and O–H groups in total. The maximum absolute atomic E-state index is 12.8. The Bertz CT molecular complexity index is 977. The van der Waals surface area contributed by atoms with E-state index >= 15 is 0 Å². The molecule has 1 heterocycles.